The molecule has 3 heteroatoms. The molecule has 0 unspecified atom stereocenters. The summed E-state index contributed by atoms with van der Waals surface area (Å²) in [5, 5.41) is 4.43. The van der Waals surface area contributed by atoms with E-state index >= 15 is 0 Å². The van der Waals surface area contributed by atoms with Crippen LogP contribution >= 0.6 is 27.5 Å². The molecule has 1 nitrogen and oxygen atoms in total. The third-order valence-corrected chi connectivity index (χ3v) is 5.13. The quantitative estimate of drug-likeness (QED) is 0.807. The highest BCUT2D eigenvalue weighted by Crippen LogP contribution is 2.35. The molecule has 1 aliphatic carbocycles. The molecule has 1 fully saturated rings. The number of rotatable bonds is 3. The Morgan fingerprint density at radius 3 is 2.61 bits per heavy atom. The van der Waals surface area contributed by atoms with E-state index in [2.05, 4.69) is 47.2 Å². The molecule has 0 spiro atoms. The second kappa shape index (κ2) is 5.94. The predicted molar refractivity (Wildman–Crippen MR) is 82.0 cm³/mol. The molecule has 0 radical (unpaired) electrons. The monoisotopic (exact) mass is 329 g/mol. The molecule has 0 heterocycles. The Hall–Kier alpha value is -0.0500. The lowest BCUT2D eigenvalue weighted by Crippen LogP contribution is -2.35. The van der Waals surface area contributed by atoms with Gasteiger partial charge < -0.3 is 5.32 Å². The van der Waals surface area contributed by atoms with Crippen molar-refractivity contribution in [3.8, 4) is 0 Å². The van der Waals surface area contributed by atoms with Crippen LogP contribution in [0.15, 0.2) is 22.7 Å². The summed E-state index contributed by atoms with van der Waals surface area (Å²) in [5.74, 6) is 0. The maximum atomic E-state index is 5.99. The van der Waals surface area contributed by atoms with Crippen LogP contribution in [0.3, 0.4) is 0 Å². The van der Waals surface area contributed by atoms with Crippen molar-refractivity contribution >= 4 is 27.5 Å². The summed E-state index contributed by atoms with van der Waals surface area (Å²) in [6.45, 7) is 5.68. The molecule has 0 bridgehead atoms. The first-order chi connectivity index (χ1) is 8.46. The van der Waals surface area contributed by atoms with E-state index in [9.17, 15) is 0 Å². The second-order valence-corrected chi connectivity index (χ2v) is 7.33. The van der Waals surface area contributed by atoms with Gasteiger partial charge in [-0.3, -0.25) is 0 Å². The van der Waals surface area contributed by atoms with Gasteiger partial charge in [0.2, 0.25) is 0 Å². The summed E-state index contributed by atoms with van der Waals surface area (Å²) < 4.78 is 0.980. The molecule has 0 saturated heterocycles. The van der Waals surface area contributed by atoms with E-state index in [1.807, 2.05) is 6.07 Å². The van der Waals surface area contributed by atoms with Crippen LogP contribution in [0, 0.1) is 5.41 Å². The van der Waals surface area contributed by atoms with Crippen molar-refractivity contribution < 1.29 is 0 Å². The number of hydrogen-bond donors (Lipinski definition) is 1. The normalized spacial score (nSPS) is 20.0. The van der Waals surface area contributed by atoms with Crippen LogP contribution in [0.25, 0.3) is 0 Å². The third kappa shape index (κ3) is 3.97. The van der Waals surface area contributed by atoms with Crippen LogP contribution in [0.4, 0.5) is 0 Å². The summed E-state index contributed by atoms with van der Waals surface area (Å²) in [7, 11) is 0. The fourth-order valence-corrected chi connectivity index (χ4v) is 3.06. The molecule has 1 aromatic rings. The first-order valence-corrected chi connectivity index (χ1v) is 7.81. The Bertz CT molecular complexity index is 407. The topological polar surface area (TPSA) is 12.0 Å². The van der Waals surface area contributed by atoms with E-state index in [0.29, 0.717) is 11.5 Å². The average molecular weight is 331 g/mol. The lowest BCUT2D eigenvalue weighted by Gasteiger charge is -2.34. The fourth-order valence-electron chi connectivity index (χ4n) is 2.52. The molecule has 1 aliphatic rings. The molecule has 1 aromatic carbocycles. The molecule has 18 heavy (non-hydrogen) atoms. The minimum atomic E-state index is 0.543. The molecule has 2 rings (SSSR count). The van der Waals surface area contributed by atoms with Gasteiger partial charge in [-0.05, 0) is 64.7 Å². The van der Waals surface area contributed by atoms with Crippen molar-refractivity contribution in [2.45, 2.75) is 52.1 Å². The zero-order valence-electron chi connectivity index (χ0n) is 11.1. The average Bonchev–Trinajstić information content (AvgIpc) is 2.32. The van der Waals surface area contributed by atoms with Gasteiger partial charge in [-0.1, -0.05) is 31.5 Å². The highest BCUT2D eigenvalue weighted by atomic mass is 79.9. The van der Waals surface area contributed by atoms with Crippen molar-refractivity contribution in [3.05, 3.63) is 33.3 Å². The van der Waals surface area contributed by atoms with Crippen molar-refractivity contribution in [1.82, 2.24) is 5.32 Å². The minimum absolute atomic E-state index is 0.543. The highest BCUT2D eigenvalue weighted by molar-refractivity contribution is 9.10. The zero-order chi connectivity index (χ0) is 13.2. The van der Waals surface area contributed by atoms with E-state index in [1.165, 1.54) is 31.2 Å². The van der Waals surface area contributed by atoms with E-state index in [1.54, 1.807) is 0 Å². The number of hydrogen-bond acceptors (Lipinski definition) is 1. The van der Waals surface area contributed by atoms with Crippen LogP contribution in [-0.2, 0) is 6.54 Å². The molecule has 1 N–H and O–H groups in total. The lowest BCUT2D eigenvalue weighted by atomic mass is 9.75. The van der Waals surface area contributed by atoms with Crippen LogP contribution in [0.5, 0.6) is 0 Å². The summed E-state index contributed by atoms with van der Waals surface area (Å²) in [6.07, 6.45) is 5.24. The minimum Gasteiger partial charge on any atom is -0.310 e. The summed E-state index contributed by atoms with van der Waals surface area (Å²) in [4.78, 5) is 0. The standard InChI is InChI=1S/C15H21BrClN/c1-15(2)7-5-12(6-8-15)18-10-11-3-4-14(17)13(16)9-11/h3-4,9,12,18H,5-8,10H2,1-2H3. The van der Waals surface area contributed by atoms with Gasteiger partial charge >= 0.3 is 0 Å². The van der Waals surface area contributed by atoms with Crippen LogP contribution in [-0.4, -0.2) is 6.04 Å². The Kier molecular flexibility index (Phi) is 4.74. The van der Waals surface area contributed by atoms with Gasteiger partial charge in [0.1, 0.15) is 0 Å². The lowest BCUT2D eigenvalue weighted by molar-refractivity contribution is 0.206. The van der Waals surface area contributed by atoms with Crippen molar-refractivity contribution in [2.24, 2.45) is 5.41 Å². The predicted octanol–water partition coefficient (Wildman–Crippen LogP) is 5.16. The smallest absolute Gasteiger partial charge is 0.0548 e. The fraction of sp³-hybridized carbons (Fsp3) is 0.600. The van der Waals surface area contributed by atoms with Crippen LogP contribution in [0.1, 0.15) is 45.1 Å². The van der Waals surface area contributed by atoms with E-state index < -0.39 is 0 Å². The summed E-state index contributed by atoms with van der Waals surface area (Å²) in [5.41, 5.74) is 1.83. The second-order valence-electron chi connectivity index (χ2n) is 6.07. The van der Waals surface area contributed by atoms with Gasteiger partial charge in [0, 0.05) is 17.1 Å². The zero-order valence-corrected chi connectivity index (χ0v) is 13.4. The number of nitrogens with one attached hydrogen (secondary N) is 1. The molecule has 0 atom stereocenters. The summed E-state index contributed by atoms with van der Waals surface area (Å²) >= 11 is 9.46. The van der Waals surface area contributed by atoms with Gasteiger partial charge in [-0.15, -0.1) is 0 Å². The molecule has 0 amide bonds. The van der Waals surface area contributed by atoms with Gasteiger partial charge in [0.25, 0.3) is 0 Å². The van der Waals surface area contributed by atoms with Gasteiger partial charge in [0.05, 0.1) is 5.02 Å². The van der Waals surface area contributed by atoms with Crippen molar-refractivity contribution in [1.29, 1.82) is 0 Å². The maximum absolute atomic E-state index is 5.99. The van der Waals surface area contributed by atoms with Crippen LogP contribution in [0.2, 0.25) is 5.02 Å². The Morgan fingerprint density at radius 2 is 2.00 bits per heavy atom. The first-order valence-electron chi connectivity index (χ1n) is 6.64. The van der Waals surface area contributed by atoms with Gasteiger partial charge in [-0.2, -0.15) is 0 Å². The highest BCUT2D eigenvalue weighted by Gasteiger charge is 2.26. The van der Waals surface area contributed by atoms with Crippen molar-refractivity contribution in [2.75, 3.05) is 0 Å². The molecular formula is C15H21BrClN. The van der Waals surface area contributed by atoms with Gasteiger partial charge in [0.15, 0.2) is 0 Å². The van der Waals surface area contributed by atoms with Crippen molar-refractivity contribution in [3.63, 3.8) is 0 Å². The third-order valence-electron chi connectivity index (χ3n) is 3.92. The Balaban J connectivity index is 1.83. The molecular weight excluding hydrogens is 310 g/mol. The SMILES string of the molecule is CC1(C)CCC(NCc2ccc(Cl)c(Br)c2)CC1. The Labute approximate surface area is 123 Å². The molecule has 100 valence electrons. The summed E-state index contributed by atoms with van der Waals surface area (Å²) in [6, 6.07) is 6.81. The Morgan fingerprint density at radius 1 is 1.33 bits per heavy atom. The van der Waals surface area contributed by atoms with Gasteiger partial charge in [-0.25, -0.2) is 0 Å². The van der Waals surface area contributed by atoms with E-state index in [4.69, 9.17) is 11.6 Å². The first kappa shape index (κ1) is 14.4. The van der Waals surface area contributed by atoms with E-state index in [0.717, 1.165) is 16.0 Å². The van der Waals surface area contributed by atoms with Crippen LogP contribution < -0.4 is 5.32 Å². The number of benzene rings is 1. The largest absolute Gasteiger partial charge is 0.310 e. The molecule has 0 aromatic heterocycles. The molecule has 1 saturated carbocycles. The number of halogens is 2. The maximum Gasteiger partial charge on any atom is 0.0548 e. The molecule has 0 aliphatic heterocycles. The van der Waals surface area contributed by atoms with E-state index in [-0.39, 0.29) is 0 Å².